The lowest BCUT2D eigenvalue weighted by Crippen LogP contribution is -2.49. The molecule has 7 heteroatoms. The second-order valence-corrected chi connectivity index (χ2v) is 7.66. The van der Waals surface area contributed by atoms with E-state index in [0.717, 1.165) is 43.1 Å². The Hall–Kier alpha value is -2.90. The number of hydrogen-bond acceptors (Lipinski definition) is 5. The molecule has 2 N–H and O–H groups in total. The molecule has 0 saturated carbocycles. The lowest BCUT2D eigenvalue weighted by Gasteiger charge is -2.38. The molecule has 2 aromatic carbocycles. The van der Waals surface area contributed by atoms with E-state index in [4.69, 9.17) is 4.74 Å². The predicted molar refractivity (Wildman–Crippen MR) is 118 cm³/mol. The van der Waals surface area contributed by atoms with Crippen LogP contribution in [0.3, 0.4) is 0 Å². The molecular formula is C23H30N4O3. The summed E-state index contributed by atoms with van der Waals surface area (Å²) in [6.45, 7) is 6.03. The molecule has 1 atom stereocenters. The average Bonchev–Trinajstić information content (AvgIpc) is 2.75. The van der Waals surface area contributed by atoms with Gasteiger partial charge in [-0.2, -0.15) is 0 Å². The van der Waals surface area contributed by atoms with Crippen molar-refractivity contribution in [3.63, 3.8) is 0 Å². The van der Waals surface area contributed by atoms with Crippen LogP contribution in [0.15, 0.2) is 48.5 Å². The molecular weight excluding hydrogens is 380 g/mol. The summed E-state index contributed by atoms with van der Waals surface area (Å²) in [5.41, 5.74) is 2.71. The minimum absolute atomic E-state index is 0.0136. The Bertz CT molecular complexity index is 861. The summed E-state index contributed by atoms with van der Waals surface area (Å²) >= 11 is 0. The molecule has 7 nitrogen and oxygen atoms in total. The zero-order valence-electron chi connectivity index (χ0n) is 17.9. The Kier molecular flexibility index (Phi) is 7.43. The van der Waals surface area contributed by atoms with E-state index in [2.05, 4.69) is 27.5 Å². The van der Waals surface area contributed by atoms with Crippen LogP contribution in [0, 0.1) is 6.92 Å². The molecule has 1 heterocycles. The fourth-order valence-electron chi connectivity index (χ4n) is 3.60. The first-order valence-electron chi connectivity index (χ1n) is 10.2. The van der Waals surface area contributed by atoms with Gasteiger partial charge in [0.15, 0.2) is 0 Å². The van der Waals surface area contributed by atoms with Gasteiger partial charge in [0.2, 0.25) is 0 Å². The van der Waals surface area contributed by atoms with Crippen LogP contribution in [0.5, 0.6) is 5.75 Å². The van der Waals surface area contributed by atoms with E-state index >= 15 is 0 Å². The van der Waals surface area contributed by atoms with Crippen LogP contribution in [0.2, 0.25) is 0 Å². The van der Waals surface area contributed by atoms with E-state index in [1.165, 1.54) is 0 Å². The minimum Gasteiger partial charge on any atom is -0.497 e. The first kappa shape index (κ1) is 21.8. The average molecular weight is 411 g/mol. The maximum absolute atomic E-state index is 12.4. The van der Waals surface area contributed by atoms with Crippen LogP contribution in [-0.2, 0) is 9.59 Å². The molecule has 0 aromatic heterocycles. The minimum atomic E-state index is -0.660. The lowest BCUT2D eigenvalue weighted by atomic mass is 10.0. The number of nitrogens with one attached hydrogen (secondary N) is 2. The summed E-state index contributed by atoms with van der Waals surface area (Å²) in [6.07, 6.45) is 0. The first-order chi connectivity index (χ1) is 14.5. The lowest BCUT2D eigenvalue weighted by molar-refractivity contribution is -0.136. The molecule has 0 aliphatic carbocycles. The van der Waals surface area contributed by atoms with Crippen LogP contribution < -0.4 is 15.4 Å². The molecule has 1 saturated heterocycles. The van der Waals surface area contributed by atoms with E-state index in [0.29, 0.717) is 12.2 Å². The summed E-state index contributed by atoms with van der Waals surface area (Å²) < 4.78 is 5.26. The van der Waals surface area contributed by atoms with Crippen LogP contribution in [0.1, 0.15) is 17.2 Å². The number of aryl methyl sites for hydroxylation is 1. The maximum atomic E-state index is 12.4. The van der Waals surface area contributed by atoms with E-state index in [1.807, 2.05) is 49.4 Å². The van der Waals surface area contributed by atoms with E-state index in [-0.39, 0.29) is 6.04 Å². The topological polar surface area (TPSA) is 73.9 Å². The predicted octanol–water partition coefficient (Wildman–Crippen LogP) is 2.05. The molecule has 160 valence electrons. The highest BCUT2D eigenvalue weighted by atomic mass is 16.5. The van der Waals surface area contributed by atoms with Gasteiger partial charge in [-0.05, 0) is 49.4 Å². The van der Waals surface area contributed by atoms with Crippen LogP contribution >= 0.6 is 0 Å². The zero-order valence-corrected chi connectivity index (χ0v) is 17.9. The Morgan fingerprint density at radius 3 is 2.37 bits per heavy atom. The third-order valence-electron chi connectivity index (χ3n) is 5.42. The van der Waals surface area contributed by atoms with Gasteiger partial charge in [-0.3, -0.25) is 14.5 Å². The SMILES string of the molecule is COc1ccc(C(CNC(=O)C(=O)Nc2cccc(C)c2)N2CCN(C)CC2)cc1. The van der Waals surface area contributed by atoms with Gasteiger partial charge in [0.1, 0.15) is 5.75 Å². The molecule has 0 spiro atoms. The standard InChI is InChI=1S/C23H30N4O3/c1-17-5-4-6-19(15-17)25-23(29)22(28)24-16-21(27-13-11-26(2)12-14-27)18-7-9-20(30-3)10-8-18/h4-10,15,21H,11-14,16H2,1-3H3,(H,24,28)(H,25,29). The number of hydrogen-bond donors (Lipinski definition) is 2. The summed E-state index contributed by atoms with van der Waals surface area (Å²) in [5.74, 6) is -0.506. The highest BCUT2D eigenvalue weighted by Crippen LogP contribution is 2.24. The van der Waals surface area contributed by atoms with Crippen LogP contribution in [0.4, 0.5) is 5.69 Å². The number of benzene rings is 2. The third-order valence-corrected chi connectivity index (χ3v) is 5.42. The number of anilines is 1. The number of carbonyl (C=O) groups is 2. The summed E-state index contributed by atoms with van der Waals surface area (Å²) in [5, 5.41) is 5.47. The van der Waals surface area contributed by atoms with Crippen molar-refractivity contribution in [3.05, 3.63) is 59.7 Å². The second-order valence-electron chi connectivity index (χ2n) is 7.66. The van der Waals surface area contributed by atoms with Crippen molar-refractivity contribution in [2.24, 2.45) is 0 Å². The van der Waals surface area contributed by atoms with Gasteiger partial charge in [0.05, 0.1) is 13.2 Å². The number of ether oxygens (including phenoxy) is 1. The van der Waals surface area contributed by atoms with Gasteiger partial charge in [-0.25, -0.2) is 0 Å². The number of likely N-dealkylation sites (N-methyl/N-ethyl adjacent to an activating group) is 1. The monoisotopic (exact) mass is 410 g/mol. The molecule has 1 unspecified atom stereocenters. The second kappa shape index (κ2) is 10.2. The Balaban J connectivity index is 1.66. The van der Waals surface area contributed by atoms with E-state index < -0.39 is 11.8 Å². The van der Waals surface area contributed by atoms with Gasteiger partial charge < -0.3 is 20.3 Å². The van der Waals surface area contributed by atoms with Gasteiger partial charge in [0.25, 0.3) is 0 Å². The summed E-state index contributed by atoms with van der Waals surface area (Å²) in [4.78, 5) is 29.4. The van der Waals surface area contributed by atoms with Crippen LogP contribution in [0.25, 0.3) is 0 Å². The largest absolute Gasteiger partial charge is 0.497 e. The molecule has 30 heavy (non-hydrogen) atoms. The van der Waals surface area contributed by atoms with Crippen molar-refractivity contribution in [1.82, 2.24) is 15.1 Å². The summed E-state index contributed by atoms with van der Waals surface area (Å²) in [7, 11) is 3.75. The molecule has 2 amide bonds. The van der Waals surface area contributed by atoms with Gasteiger partial charge in [-0.15, -0.1) is 0 Å². The molecule has 1 aliphatic heterocycles. The number of methoxy groups -OCH3 is 1. The number of piperazine rings is 1. The molecule has 2 aromatic rings. The number of nitrogens with zero attached hydrogens (tertiary/aromatic N) is 2. The molecule has 1 fully saturated rings. The molecule has 1 aliphatic rings. The first-order valence-corrected chi connectivity index (χ1v) is 10.2. The Morgan fingerprint density at radius 2 is 1.73 bits per heavy atom. The van der Waals surface area contributed by atoms with E-state index in [1.54, 1.807) is 13.2 Å². The normalized spacial score (nSPS) is 16.0. The Labute approximate surface area is 178 Å². The van der Waals surface area contributed by atoms with Crippen molar-refractivity contribution in [2.45, 2.75) is 13.0 Å². The fraction of sp³-hybridized carbons (Fsp3) is 0.391. The van der Waals surface area contributed by atoms with E-state index in [9.17, 15) is 9.59 Å². The van der Waals surface area contributed by atoms with Crippen LogP contribution in [-0.4, -0.2) is 68.5 Å². The van der Waals surface area contributed by atoms with Gasteiger partial charge >= 0.3 is 11.8 Å². The quantitative estimate of drug-likeness (QED) is 0.713. The smallest absolute Gasteiger partial charge is 0.313 e. The number of rotatable bonds is 6. The number of carbonyl (C=O) groups excluding carboxylic acids is 2. The third kappa shape index (κ3) is 5.81. The van der Waals surface area contributed by atoms with Crippen molar-refractivity contribution in [3.8, 4) is 5.75 Å². The van der Waals surface area contributed by atoms with Crippen molar-refractivity contribution in [2.75, 3.05) is 52.2 Å². The molecule has 0 radical (unpaired) electrons. The highest BCUT2D eigenvalue weighted by Gasteiger charge is 2.25. The molecule has 0 bridgehead atoms. The van der Waals surface area contributed by atoms with Gasteiger partial charge in [-0.1, -0.05) is 24.3 Å². The summed E-state index contributed by atoms with van der Waals surface area (Å²) in [6, 6.07) is 15.2. The molecule has 3 rings (SSSR count). The maximum Gasteiger partial charge on any atom is 0.313 e. The van der Waals surface area contributed by atoms with Crippen molar-refractivity contribution < 1.29 is 14.3 Å². The van der Waals surface area contributed by atoms with Crippen molar-refractivity contribution >= 4 is 17.5 Å². The zero-order chi connectivity index (χ0) is 21.5. The number of amides is 2. The fourth-order valence-corrected chi connectivity index (χ4v) is 3.60. The highest BCUT2D eigenvalue weighted by molar-refractivity contribution is 6.39. The Morgan fingerprint density at radius 1 is 1.03 bits per heavy atom. The van der Waals surface area contributed by atoms with Gasteiger partial charge in [0, 0.05) is 38.4 Å². The van der Waals surface area contributed by atoms with Crippen molar-refractivity contribution in [1.29, 1.82) is 0 Å².